The van der Waals surface area contributed by atoms with Crippen molar-refractivity contribution in [2.45, 2.75) is 26.2 Å². The highest BCUT2D eigenvalue weighted by Gasteiger charge is 2.18. The van der Waals surface area contributed by atoms with Gasteiger partial charge in [0.05, 0.1) is 12.5 Å². The summed E-state index contributed by atoms with van der Waals surface area (Å²) in [5.74, 6) is -0.135. The molecule has 4 aromatic rings. The molecule has 4 rings (SSSR count). The molecule has 0 unspecified atom stereocenters. The van der Waals surface area contributed by atoms with Crippen LogP contribution in [0.2, 0.25) is 5.02 Å². The van der Waals surface area contributed by atoms with E-state index in [1.165, 1.54) is 23.2 Å². The predicted octanol–water partition coefficient (Wildman–Crippen LogP) is 7.05. The lowest BCUT2D eigenvalue weighted by molar-refractivity contribution is 0.0997. The van der Waals surface area contributed by atoms with Crippen LogP contribution in [0, 0.1) is 0 Å². The number of hydrazone groups is 1. The van der Waals surface area contributed by atoms with Gasteiger partial charge in [-0.15, -0.1) is 0 Å². The first-order chi connectivity index (χ1) is 15.8. The maximum Gasteiger partial charge on any atom is 0.292 e. The normalized spacial score (nSPS) is 11.6. The van der Waals surface area contributed by atoms with E-state index in [-0.39, 0.29) is 17.1 Å². The lowest BCUT2D eigenvalue weighted by Gasteiger charge is -2.18. The number of nitrogens with zero attached hydrogens (tertiary/aromatic N) is 2. The fourth-order valence-corrected chi connectivity index (χ4v) is 4.02. The second kappa shape index (κ2) is 9.60. The van der Waals surface area contributed by atoms with E-state index in [4.69, 9.17) is 16.0 Å². The first-order valence-corrected chi connectivity index (χ1v) is 11.5. The fourth-order valence-electron chi connectivity index (χ4n) is 3.06. The van der Waals surface area contributed by atoms with Gasteiger partial charge in [0.1, 0.15) is 10.7 Å². The molecule has 0 fully saturated rings. The number of carbonyl (C=O) groups excluding carboxylic acids is 1. The van der Waals surface area contributed by atoms with Gasteiger partial charge in [-0.3, -0.25) is 10.2 Å². The molecule has 0 saturated carbocycles. The minimum absolute atomic E-state index is 0.101. The van der Waals surface area contributed by atoms with Crippen molar-refractivity contribution in [3.8, 4) is 11.3 Å². The average Bonchev–Trinajstić information content (AvgIpc) is 3.45. The summed E-state index contributed by atoms with van der Waals surface area (Å²) in [4.78, 5) is 17.1. The van der Waals surface area contributed by atoms with Crippen LogP contribution in [0.4, 0.5) is 10.1 Å². The maximum atomic E-state index is 12.5. The van der Waals surface area contributed by atoms with Gasteiger partial charge in [-0.2, -0.15) is 5.10 Å². The molecule has 0 bridgehead atoms. The molecule has 1 amide bonds. The summed E-state index contributed by atoms with van der Waals surface area (Å²) >= 11 is 7.31. The summed E-state index contributed by atoms with van der Waals surface area (Å²) < 4.78 is 5.19. The Morgan fingerprint density at radius 2 is 1.82 bits per heavy atom. The monoisotopic (exact) mass is 478 g/mol. The Morgan fingerprint density at radius 3 is 2.45 bits per heavy atom. The number of nitrogens with one attached hydrogen (secondary N) is 2. The van der Waals surface area contributed by atoms with Crippen LogP contribution in [0.1, 0.15) is 42.5 Å². The Labute approximate surface area is 201 Å². The standard InChI is InChI=1S/C25H23ClN4O2S/c1-25(2,3)18-10-6-16(7-11-18)15-27-30-24-28-21(17-8-12-19(26)13-9-17)23(33-24)29-22(31)20-5-4-14-32-20/h4-15H,1-3H3,(H,28,30)(H,29,31)/b27-15-. The van der Waals surface area contributed by atoms with E-state index in [2.05, 4.69) is 53.7 Å². The number of anilines is 2. The molecule has 8 heteroatoms. The summed E-state index contributed by atoms with van der Waals surface area (Å²) in [6.07, 6.45) is 3.19. The van der Waals surface area contributed by atoms with Gasteiger partial charge in [0.25, 0.3) is 5.91 Å². The molecule has 0 radical (unpaired) electrons. The molecule has 0 aliphatic rings. The predicted molar refractivity (Wildman–Crippen MR) is 136 cm³/mol. The molecule has 2 aromatic heterocycles. The first-order valence-electron chi connectivity index (χ1n) is 10.3. The van der Waals surface area contributed by atoms with Gasteiger partial charge in [0, 0.05) is 10.6 Å². The topological polar surface area (TPSA) is 79.5 Å². The Hall–Kier alpha value is -3.42. The van der Waals surface area contributed by atoms with Crippen molar-refractivity contribution in [2.75, 3.05) is 10.7 Å². The zero-order valence-corrected chi connectivity index (χ0v) is 20.0. The summed E-state index contributed by atoms with van der Waals surface area (Å²) in [5, 5.41) is 8.92. The van der Waals surface area contributed by atoms with Crippen LogP contribution in [0.25, 0.3) is 11.3 Å². The molecule has 2 aromatic carbocycles. The van der Waals surface area contributed by atoms with Gasteiger partial charge in [-0.05, 0) is 40.8 Å². The first kappa shape index (κ1) is 22.8. The Balaban J connectivity index is 1.54. The summed E-state index contributed by atoms with van der Waals surface area (Å²) in [6.45, 7) is 6.54. The number of aromatic nitrogens is 1. The smallest absolute Gasteiger partial charge is 0.292 e. The van der Waals surface area contributed by atoms with Crippen LogP contribution in [0.15, 0.2) is 76.4 Å². The number of hydrogen-bond donors (Lipinski definition) is 2. The van der Waals surface area contributed by atoms with E-state index in [0.717, 1.165) is 11.1 Å². The van der Waals surface area contributed by atoms with E-state index in [1.807, 2.05) is 24.3 Å². The zero-order valence-electron chi connectivity index (χ0n) is 18.4. The number of hydrogen-bond acceptors (Lipinski definition) is 6. The van der Waals surface area contributed by atoms with Crippen molar-refractivity contribution in [1.82, 2.24) is 4.98 Å². The summed E-state index contributed by atoms with van der Waals surface area (Å²) in [6, 6.07) is 18.8. The van der Waals surface area contributed by atoms with Crippen LogP contribution < -0.4 is 10.7 Å². The van der Waals surface area contributed by atoms with Crippen LogP contribution in [-0.2, 0) is 5.41 Å². The van der Waals surface area contributed by atoms with Crippen molar-refractivity contribution in [1.29, 1.82) is 0 Å². The molecule has 2 heterocycles. The number of thiazole rings is 1. The van der Waals surface area contributed by atoms with Crippen LogP contribution in [0.5, 0.6) is 0 Å². The van der Waals surface area contributed by atoms with Crippen LogP contribution >= 0.6 is 22.9 Å². The lowest BCUT2D eigenvalue weighted by Crippen LogP contribution is -2.10. The summed E-state index contributed by atoms with van der Waals surface area (Å²) in [5.41, 5.74) is 6.73. The van der Waals surface area contributed by atoms with Gasteiger partial charge in [0.2, 0.25) is 5.13 Å². The van der Waals surface area contributed by atoms with Gasteiger partial charge >= 0.3 is 0 Å². The molecular formula is C25H23ClN4O2S. The van der Waals surface area contributed by atoms with Crippen molar-refractivity contribution in [3.05, 3.63) is 88.8 Å². The highest BCUT2D eigenvalue weighted by molar-refractivity contribution is 7.20. The lowest BCUT2D eigenvalue weighted by atomic mass is 9.87. The summed E-state index contributed by atoms with van der Waals surface area (Å²) in [7, 11) is 0. The molecule has 0 aliphatic carbocycles. The van der Waals surface area contributed by atoms with Crippen molar-refractivity contribution >= 4 is 45.2 Å². The second-order valence-corrected chi connectivity index (χ2v) is 9.81. The second-order valence-electron chi connectivity index (χ2n) is 8.38. The van der Waals surface area contributed by atoms with Gasteiger partial charge in [-0.1, -0.05) is 80.1 Å². The highest BCUT2D eigenvalue weighted by atomic mass is 35.5. The van der Waals surface area contributed by atoms with Crippen molar-refractivity contribution in [3.63, 3.8) is 0 Å². The number of furan rings is 1. The van der Waals surface area contributed by atoms with E-state index < -0.39 is 0 Å². The number of carbonyl (C=O) groups is 1. The maximum absolute atomic E-state index is 12.5. The van der Waals surface area contributed by atoms with Crippen LogP contribution in [-0.4, -0.2) is 17.1 Å². The molecule has 0 atom stereocenters. The van der Waals surface area contributed by atoms with E-state index in [9.17, 15) is 4.79 Å². The zero-order chi connectivity index (χ0) is 23.4. The third kappa shape index (κ3) is 5.69. The van der Waals surface area contributed by atoms with E-state index in [0.29, 0.717) is 20.8 Å². The van der Waals surface area contributed by atoms with Gasteiger partial charge < -0.3 is 9.73 Å². The molecule has 0 saturated heterocycles. The molecule has 0 aliphatic heterocycles. The van der Waals surface area contributed by atoms with E-state index >= 15 is 0 Å². The molecule has 0 spiro atoms. The van der Waals surface area contributed by atoms with Gasteiger partial charge in [-0.25, -0.2) is 4.98 Å². The number of halogens is 1. The van der Waals surface area contributed by atoms with Crippen molar-refractivity contribution < 1.29 is 9.21 Å². The fraction of sp³-hybridized carbons (Fsp3) is 0.160. The molecule has 2 N–H and O–H groups in total. The third-order valence-electron chi connectivity index (χ3n) is 4.87. The third-order valence-corrected chi connectivity index (χ3v) is 5.99. The molecular weight excluding hydrogens is 456 g/mol. The van der Waals surface area contributed by atoms with Gasteiger partial charge in [0.15, 0.2) is 5.76 Å². The molecule has 168 valence electrons. The Kier molecular flexibility index (Phi) is 6.62. The molecule has 33 heavy (non-hydrogen) atoms. The Bertz CT molecular complexity index is 1260. The SMILES string of the molecule is CC(C)(C)c1ccc(/C=N\Nc2nc(-c3ccc(Cl)cc3)c(NC(=O)c3ccco3)s2)cc1. The number of benzene rings is 2. The minimum Gasteiger partial charge on any atom is -0.459 e. The average molecular weight is 479 g/mol. The van der Waals surface area contributed by atoms with Crippen molar-refractivity contribution in [2.24, 2.45) is 5.10 Å². The quantitative estimate of drug-likeness (QED) is 0.230. The van der Waals surface area contributed by atoms with E-state index in [1.54, 1.807) is 30.5 Å². The molecule has 6 nitrogen and oxygen atoms in total. The number of rotatable bonds is 6. The highest BCUT2D eigenvalue weighted by Crippen LogP contribution is 2.36. The number of amides is 1. The minimum atomic E-state index is -0.354. The van der Waals surface area contributed by atoms with Crippen LogP contribution in [0.3, 0.4) is 0 Å². The Morgan fingerprint density at radius 1 is 1.09 bits per heavy atom. The largest absolute Gasteiger partial charge is 0.459 e.